The van der Waals surface area contributed by atoms with Gasteiger partial charge in [0.25, 0.3) is 5.91 Å². The van der Waals surface area contributed by atoms with E-state index in [4.69, 9.17) is 11.6 Å². The molecule has 3 heterocycles. The summed E-state index contributed by atoms with van der Waals surface area (Å²) in [5.74, 6) is -0.259. The highest BCUT2D eigenvalue weighted by molar-refractivity contribution is 6.33. The Morgan fingerprint density at radius 3 is 2.76 bits per heavy atom. The van der Waals surface area contributed by atoms with Crippen molar-refractivity contribution in [3.05, 3.63) is 53.7 Å². The van der Waals surface area contributed by atoms with Crippen molar-refractivity contribution in [1.29, 1.82) is 0 Å². The highest BCUT2D eigenvalue weighted by Crippen LogP contribution is 2.57. The Balaban J connectivity index is 1.33. The number of hydrogen-bond donors (Lipinski definition) is 2. The minimum absolute atomic E-state index is 0.0568. The number of hydrogen-bond acceptors (Lipinski definition) is 5. The van der Waals surface area contributed by atoms with E-state index >= 15 is 0 Å². The van der Waals surface area contributed by atoms with E-state index in [1.54, 1.807) is 41.4 Å². The van der Waals surface area contributed by atoms with Gasteiger partial charge in [-0.05, 0) is 44.2 Å². The molecule has 29 heavy (non-hydrogen) atoms. The van der Waals surface area contributed by atoms with E-state index in [1.165, 1.54) is 6.20 Å². The number of aromatic nitrogens is 4. The first-order chi connectivity index (χ1) is 14.0. The Bertz CT molecular complexity index is 1120. The topological polar surface area (TPSA) is 101 Å². The summed E-state index contributed by atoms with van der Waals surface area (Å²) in [6.45, 7) is 0. The number of pyridine rings is 1. The second-order valence-corrected chi connectivity index (χ2v) is 8.35. The van der Waals surface area contributed by atoms with Crippen LogP contribution in [-0.2, 0) is 4.79 Å². The molecule has 0 unspecified atom stereocenters. The lowest BCUT2D eigenvalue weighted by Crippen LogP contribution is -2.45. The molecule has 9 heteroatoms. The van der Waals surface area contributed by atoms with E-state index in [2.05, 4.69) is 25.7 Å². The number of amides is 2. The second-order valence-electron chi connectivity index (χ2n) is 7.95. The number of anilines is 1. The summed E-state index contributed by atoms with van der Waals surface area (Å²) in [5.41, 5.74) is 0.602. The zero-order valence-corrected chi connectivity index (χ0v) is 16.3. The highest BCUT2D eigenvalue weighted by atomic mass is 35.5. The van der Waals surface area contributed by atoms with E-state index in [-0.39, 0.29) is 17.4 Å². The maximum absolute atomic E-state index is 13.0. The van der Waals surface area contributed by atoms with Crippen molar-refractivity contribution < 1.29 is 9.59 Å². The zero-order valence-electron chi connectivity index (χ0n) is 15.6. The minimum atomic E-state index is -0.494. The molecule has 0 aliphatic heterocycles. The third-order valence-electron chi connectivity index (χ3n) is 6.24. The van der Waals surface area contributed by atoms with Gasteiger partial charge in [-0.25, -0.2) is 9.50 Å². The molecule has 0 spiro atoms. The summed E-state index contributed by atoms with van der Waals surface area (Å²) in [6, 6.07) is 3.41. The van der Waals surface area contributed by atoms with Crippen molar-refractivity contribution in [2.45, 2.75) is 37.6 Å². The van der Waals surface area contributed by atoms with Crippen LogP contribution in [0, 0.1) is 5.41 Å². The van der Waals surface area contributed by atoms with Crippen LogP contribution in [0.2, 0.25) is 5.02 Å². The molecular weight excluding hydrogens is 392 g/mol. The molecule has 0 saturated heterocycles. The molecule has 0 aromatic carbocycles. The van der Waals surface area contributed by atoms with Crippen molar-refractivity contribution in [3.63, 3.8) is 0 Å². The van der Waals surface area contributed by atoms with Crippen LogP contribution in [0.15, 0.2) is 43.1 Å². The summed E-state index contributed by atoms with van der Waals surface area (Å²) in [5, 5.41) is 10.7. The van der Waals surface area contributed by atoms with E-state index in [0.29, 0.717) is 28.3 Å². The third-order valence-corrected chi connectivity index (χ3v) is 6.57. The van der Waals surface area contributed by atoms with Crippen LogP contribution >= 0.6 is 11.6 Å². The second kappa shape index (κ2) is 6.52. The minimum Gasteiger partial charge on any atom is -0.346 e. The molecule has 3 aromatic heterocycles. The molecule has 2 aliphatic rings. The van der Waals surface area contributed by atoms with Gasteiger partial charge in [0.1, 0.15) is 5.56 Å². The van der Waals surface area contributed by atoms with Crippen LogP contribution < -0.4 is 10.6 Å². The fourth-order valence-corrected chi connectivity index (χ4v) is 4.86. The monoisotopic (exact) mass is 410 g/mol. The SMILES string of the molecule is O=C(NC12CCC(C(=O)Nc3cnccc3Cl)(CC1)C2)c1cnn2cccnc12. The molecule has 3 aromatic rings. The van der Waals surface area contributed by atoms with Crippen LogP contribution in [-0.4, -0.2) is 36.9 Å². The molecule has 2 N–H and O–H groups in total. The van der Waals surface area contributed by atoms with Gasteiger partial charge in [0.05, 0.1) is 28.5 Å². The van der Waals surface area contributed by atoms with Crippen LogP contribution in [0.4, 0.5) is 5.69 Å². The van der Waals surface area contributed by atoms with Crippen LogP contribution in [0.25, 0.3) is 5.65 Å². The lowest BCUT2D eigenvalue weighted by atomic mass is 9.83. The van der Waals surface area contributed by atoms with E-state index in [0.717, 1.165) is 25.7 Å². The molecule has 2 saturated carbocycles. The largest absolute Gasteiger partial charge is 0.346 e. The quantitative estimate of drug-likeness (QED) is 0.688. The molecule has 8 nitrogen and oxygen atoms in total. The van der Waals surface area contributed by atoms with E-state index in [9.17, 15) is 9.59 Å². The average molecular weight is 411 g/mol. The van der Waals surface area contributed by atoms with Crippen LogP contribution in [0.5, 0.6) is 0 Å². The molecule has 0 radical (unpaired) electrons. The summed E-state index contributed by atoms with van der Waals surface area (Å²) < 4.78 is 1.57. The fourth-order valence-electron chi connectivity index (χ4n) is 4.70. The number of fused-ring (bicyclic) bond motifs is 3. The third kappa shape index (κ3) is 2.95. The van der Waals surface area contributed by atoms with Crippen LogP contribution in [0.3, 0.4) is 0 Å². The molecule has 2 amide bonds. The van der Waals surface area contributed by atoms with Gasteiger partial charge in [0.15, 0.2) is 5.65 Å². The summed E-state index contributed by atoms with van der Waals surface area (Å²) in [4.78, 5) is 34.3. The standard InChI is InChI=1S/C20H19ClN6O2/c21-14-2-8-22-11-15(14)25-18(29)19-3-5-20(12-19,6-4-19)26-17(28)13-10-24-27-9-1-7-23-16(13)27/h1-2,7-11H,3-6,12H2,(H,25,29)(H,26,28). The van der Waals surface area contributed by atoms with Gasteiger partial charge in [0, 0.05) is 24.1 Å². The number of nitrogens with one attached hydrogen (secondary N) is 2. The number of carbonyl (C=O) groups excluding carboxylic acids is 2. The number of nitrogens with zero attached hydrogens (tertiary/aromatic N) is 4. The maximum Gasteiger partial charge on any atom is 0.257 e. The number of rotatable bonds is 4. The van der Waals surface area contributed by atoms with Gasteiger partial charge >= 0.3 is 0 Å². The van der Waals surface area contributed by atoms with Gasteiger partial charge in [-0.3, -0.25) is 14.6 Å². The number of carbonyl (C=O) groups is 2. The zero-order chi connectivity index (χ0) is 20.1. The molecule has 148 valence electrons. The fraction of sp³-hybridized carbons (Fsp3) is 0.350. The summed E-state index contributed by atoms with van der Waals surface area (Å²) in [6.07, 6.45) is 11.6. The van der Waals surface area contributed by atoms with E-state index < -0.39 is 5.41 Å². The first-order valence-electron chi connectivity index (χ1n) is 9.52. The molecule has 2 aliphatic carbocycles. The van der Waals surface area contributed by atoms with E-state index in [1.807, 2.05) is 0 Å². The van der Waals surface area contributed by atoms with Crippen molar-refractivity contribution >= 4 is 34.7 Å². The van der Waals surface area contributed by atoms with Gasteiger partial charge in [-0.1, -0.05) is 11.6 Å². The van der Waals surface area contributed by atoms with Gasteiger partial charge in [-0.15, -0.1) is 0 Å². The Morgan fingerprint density at radius 2 is 1.97 bits per heavy atom. The smallest absolute Gasteiger partial charge is 0.257 e. The molecular formula is C20H19ClN6O2. The van der Waals surface area contributed by atoms with Gasteiger partial charge < -0.3 is 10.6 Å². The molecule has 2 fully saturated rings. The van der Waals surface area contributed by atoms with Gasteiger partial charge in [0.2, 0.25) is 5.91 Å². The first kappa shape index (κ1) is 18.1. The van der Waals surface area contributed by atoms with Crippen molar-refractivity contribution in [2.75, 3.05) is 5.32 Å². The van der Waals surface area contributed by atoms with Gasteiger partial charge in [-0.2, -0.15) is 5.10 Å². The Hall–Kier alpha value is -3.00. The highest BCUT2D eigenvalue weighted by Gasteiger charge is 2.58. The Kier molecular flexibility index (Phi) is 4.06. The molecule has 5 rings (SSSR count). The Labute approximate surface area is 171 Å². The normalized spacial score (nSPS) is 25.3. The van der Waals surface area contributed by atoms with Crippen LogP contribution in [0.1, 0.15) is 42.5 Å². The average Bonchev–Trinajstić information content (AvgIpc) is 3.41. The summed E-state index contributed by atoms with van der Waals surface area (Å²) >= 11 is 6.15. The van der Waals surface area contributed by atoms with Crippen molar-refractivity contribution in [3.8, 4) is 0 Å². The predicted molar refractivity (Wildman–Crippen MR) is 107 cm³/mol. The molecule has 0 atom stereocenters. The number of halogens is 1. The molecule has 2 bridgehead atoms. The predicted octanol–water partition coefficient (Wildman–Crippen LogP) is 2.85. The summed E-state index contributed by atoms with van der Waals surface area (Å²) in [7, 11) is 0. The lowest BCUT2D eigenvalue weighted by Gasteiger charge is -2.28. The van der Waals surface area contributed by atoms with Crippen molar-refractivity contribution in [2.24, 2.45) is 5.41 Å². The van der Waals surface area contributed by atoms with Crippen molar-refractivity contribution in [1.82, 2.24) is 24.9 Å². The lowest BCUT2D eigenvalue weighted by molar-refractivity contribution is -0.125. The Morgan fingerprint density at radius 1 is 1.14 bits per heavy atom. The first-order valence-corrected chi connectivity index (χ1v) is 9.90. The maximum atomic E-state index is 13.0.